The summed E-state index contributed by atoms with van der Waals surface area (Å²) in [6.07, 6.45) is 0.396. The number of hydrogen-bond acceptors (Lipinski definition) is 1. The molecule has 2 N–H and O–H groups in total. The van der Waals surface area contributed by atoms with Crippen LogP contribution in [-0.2, 0) is 6.42 Å². The Labute approximate surface area is 86.3 Å². The molecule has 1 atom stereocenters. The lowest BCUT2D eigenvalue weighted by Gasteiger charge is -2.04. The molecule has 0 fully saturated rings. The summed E-state index contributed by atoms with van der Waals surface area (Å²) in [5, 5.41) is 0. The van der Waals surface area contributed by atoms with Crippen molar-refractivity contribution in [2.45, 2.75) is 19.0 Å². The van der Waals surface area contributed by atoms with Crippen molar-refractivity contribution in [3.63, 3.8) is 0 Å². The largest absolute Gasteiger partial charge is 0.328 e. The minimum absolute atomic E-state index is 0.122. The van der Waals surface area contributed by atoms with E-state index in [2.05, 4.69) is 15.9 Å². The molecule has 0 saturated heterocycles. The predicted molar refractivity (Wildman–Crippen MR) is 56.4 cm³/mol. The maximum Gasteiger partial charge on any atom is 0.113 e. The summed E-state index contributed by atoms with van der Waals surface area (Å²) in [7, 11) is 0. The first kappa shape index (κ1) is 10.7. The van der Waals surface area contributed by atoms with E-state index in [9.17, 15) is 4.39 Å². The summed E-state index contributed by atoms with van der Waals surface area (Å²) in [4.78, 5) is 0. The molecule has 0 heterocycles. The lowest BCUT2D eigenvalue weighted by molar-refractivity contribution is 0.323. The van der Waals surface area contributed by atoms with Gasteiger partial charge in [0.2, 0.25) is 0 Å². The van der Waals surface area contributed by atoms with Gasteiger partial charge in [-0.05, 0) is 30.5 Å². The van der Waals surface area contributed by atoms with Crippen LogP contribution in [0.15, 0.2) is 28.7 Å². The lowest BCUT2D eigenvalue weighted by Crippen LogP contribution is -2.15. The van der Waals surface area contributed by atoms with Gasteiger partial charge in [-0.15, -0.1) is 0 Å². The van der Waals surface area contributed by atoms with Gasteiger partial charge in [0.15, 0.2) is 0 Å². The van der Waals surface area contributed by atoms with Gasteiger partial charge in [-0.1, -0.05) is 28.1 Å². The Kier molecular flexibility index (Phi) is 4.39. The van der Waals surface area contributed by atoms with Crippen LogP contribution in [0.25, 0.3) is 0 Å². The fraction of sp³-hybridized carbons (Fsp3) is 0.400. The molecule has 72 valence electrons. The third-order valence-corrected chi connectivity index (χ3v) is 2.44. The first-order valence-electron chi connectivity index (χ1n) is 4.31. The zero-order valence-corrected chi connectivity index (χ0v) is 8.93. The van der Waals surface area contributed by atoms with Crippen molar-refractivity contribution in [2.24, 2.45) is 5.73 Å². The fourth-order valence-corrected chi connectivity index (χ4v) is 1.36. The van der Waals surface area contributed by atoms with Gasteiger partial charge in [-0.3, -0.25) is 0 Å². The molecule has 0 amide bonds. The molecule has 0 aliphatic rings. The fourth-order valence-electron chi connectivity index (χ4n) is 1.09. The van der Waals surface area contributed by atoms with E-state index in [-0.39, 0.29) is 6.54 Å². The van der Waals surface area contributed by atoms with Crippen molar-refractivity contribution in [2.75, 3.05) is 6.54 Å². The van der Waals surface area contributed by atoms with Crippen molar-refractivity contribution >= 4 is 15.9 Å². The highest BCUT2D eigenvalue weighted by molar-refractivity contribution is 9.10. The number of alkyl halides is 1. The summed E-state index contributed by atoms with van der Waals surface area (Å²) in [6, 6.07) is 7.91. The summed E-state index contributed by atoms with van der Waals surface area (Å²) in [5.41, 5.74) is 6.33. The Morgan fingerprint density at radius 1 is 1.31 bits per heavy atom. The van der Waals surface area contributed by atoms with Crippen LogP contribution in [0.5, 0.6) is 0 Å². The highest BCUT2D eigenvalue weighted by Gasteiger charge is 2.03. The van der Waals surface area contributed by atoms with Gasteiger partial charge in [-0.25, -0.2) is 4.39 Å². The van der Waals surface area contributed by atoms with Crippen LogP contribution in [0.1, 0.15) is 12.0 Å². The Hall–Kier alpha value is -0.410. The van der Waals surface area contributed by atoms with Gasteiger partial charge in [-0.2, -0.15) is 0 Å². The zero-order chi connectivity index (χ0) is 9.68. The summed E-state index contributed by atoms with van der Waals surface area (Å²) in [6.45, 7) is 0.122. The van der Waals surface area contributed by atoms with Crippen molar-refractivity contribution in [1.29, 1.82) is 0 Å². The van der Waals surface area contributed by atoms with Gasteiger partial charge in [0.05, 0.1) is 0 Å². The molecule has 1 nitrogen and oxygen atoms in total. The summed E-state index contributed by atoms with van der Waals surface area (Å²) >= 11 is 3.35. The topological polar surface area (TPSA) is 26.0 Å². The molecule has 0 aliphatic heterocycles. The second-order valence-electron chi connectivity index (χ2n) is 3.00. The molecule has 13 heavy (non-hydrogen) atoms. The van der Waals surface area contributed by atoms with Crippen LogP contribution >= 0.6 is 15.9 Å². The van der Waals surface area contributed by atoms with Crippen LogP contribution in [0.3, 0.4) is 0 Å². The third kappa shape index (κ3) is 3.87. The molecule has 1 unspecified atom stereocenters. The van der Waals surface area contributed by atoms with Crippen LogP contribution in [0.2, 0.25) is 0 Å². The van der Waals surface area contributed by atoms with E-state index in [1.54, 1.807) is 0 Å². The highest BCUT2D eigenvalue weighted by atomic mass is 79.9. The Morgan fingerprint density at radius 2 is 1.92 bits per heavy atom. The van der Waals surface area contributed by atoms with Crippen LogP contribution < -0.4 is 5.73 Å². The molecule has 0 aliphatic carbocycles. The number of hydrogen-bond donors (Lipinski definition) is 1. The smallest absolute Gasteiger partial charge is 0.113 e. The highest BCUT2D eigenvalue weighted by Crippen LogP contribution is 2.12. The Balaban J connectivity index is 2.41. The maximum absolute atomic E-state index is 12.8. The third-order valence-electron chi connectivity index (χ3n) is 1.92. The normalized spacial score (nSPS) is 12.8. The van der Waals surface area contributed by atoms with Crippen molar-refractivity contribution in [1.82, 2.24) is 0 Å². The number of halogens is 2. The predicted octanol–water partition coefficient (Wildman–Crippen LogP) is 2.68. The first-order valence-corrected chi connectivity index (χ1v) is 5.10. The van der Waals surface area contributed by atoms with E-state index in [1.807, 2.05) is 24.3 Å². The van der Waals surface area contributed by atoms with E-state index in [0.717, 1.165) is 16.5 Å². The molecule has 0 bridgehead atoms. The number of benzene rings is 1. The van der Waals surface area contributed by atoms with Gasteiger partial charge >= 0.3 is 0 Å². The van der Waals surface area contributed by atoms with E-state index >= 15 is 0 Å². The monoisotopic (exact) mass is 245 g/mol. The van der Waals surface area contributed by atoms with E-state index in [4.69, 9.17) is 5.73 Å². The molecule has 0 radical (unpaired) electrons. The minimum atomic E-state index is -0.872. The Bertz CT molecular complexity index is 248. The quantitative estimate of drug-likeness (QED) is 0.868. The number of rotatable bonds is 4. The molecule has 0 aromatic heterocycles. The van der Waals surface area contributed by atoms with Crippen LogP contribution in [-0.4, -0.2) is 12.7 Å². The van der Waals surface area contributed by atoms with Gasteiger partial charge in [0, 0.05) is 11.0 Å². The molecule has 3 heteroatoms. The van der Waals surface area contributed by atoms with Crippen molar-refractivity contribution < 1.29 is 4.39 Å². The second-order valence-corrected chi connectivity index (χ2v) is 3.91. The second kappa shape index (κ2) is 5.35. The average Bonchev–Trinajstić information content (AvgIpc) is 2.16. The molecule has 1 rings (SSSR count). The molecular formula is C10H13BrFN. The molecule has 0 saturated carbocycles. The van der Waals surface area contributed by atoms with Gasteiger partial charge in [0.1, 0.15) is 6.17 Å². The lowest BCUT2D eigenvalue weighted by atomic mass is 10.1. The van der Waals surface area contributed by atoms with E-state index in [1.165, 1.54) is 0 Å². The summed E-state index contributed by atoms with van der Waals surface area (Å²) < 4.78 is 13.8. The number of nitrogens with two attached hydrogens (primary N) is 1. The maximum atomic E-state index is 12.8. The molecule has 0 spiro atoms. The SMILES string of the molecule is NCC(F)CCc1ccc(Br)cc1. The standard InChI is InChI=1S/C10H13BrFN/c11-9-4-1-8(2-5-9)3-6-10(12)7-13/h1-2,4-5,10H,3,6-7,13H2. The van der Waals surface area contributed by atoms with Gasteiger partial charge < -0.3 is 5.73 Å². The minimum Gasteiger partial charge on any atom is -0.328 e. The Morgan fingerprint density at radius 3 is 2.46 bits per heavy atom. The van der Waals surface area contributed by atoms with E-state index < -0.39 is 6.17 Å². The van der Waals surface area contributed by atoms with Crippen molar-refractivity contribution in [3.8, 4) is 0 Å². The molecule has 1 aromatic rings. The van der Waals surface area contributed by atoms with Gasteiger partial charge in [0.25, 0.3) is 0 Å². The number of aryl methyl sites for hydroxylation is 1. The van der Waals surface area contributed by atoms with Crippen LogP contribution in [0, 0.1) is 0 Å². The van der Waals surface area contributed by atoms with Crippen molar-refractivity contribution in [3.05, 3.63) is 34.3 Å². The molecule has 1 aromatic carbocycles. The zero-order valence-electron chi connectivity index (χ0n) is 7.34. The first-order chi connectivity index (χ1) is 6.22. The summed E-state index contributed by atoms with van der Waals surface area (Å²) in [5.74, 6) is 0. The average molecular weight is 246 g/mol. The molecular weight excluding hydrogens is 233 g/mol. The van der Waals surface area contributed by atoms with Crippen LogP contribution in [0.4, 0.5) is 4.39 Å². The van der Waals surface area contributed by atoms with E-state index in [0.29, 0.717) is 6.42 Å².